The van der Waals surface area contributed by atoms with E-state index in [9.17, 15) is 22.8 Å². The third-order valence-electron chi connectivity index (χ3n) is 3.87. The molecule has 0 aliphatic rings. The second kappa shape index (κ2) is 9.70. The van der Waals surface area contributed by atoms with Crippen LogP contribution in [0.4, 0.5) is 13.2 Å². The Hall–Kier alpha value is -2.90. The highest BCUT2D eigenvalue weighted by molar-refractivity contribution is 5.88. The van der Waals surface area contributed by atoms with Crippen LogP contribution in [-0.4, -0.2) is 34.7 Å². The fourth-order valence-electron chi connectivity index (χ4n) is 2.56. The first-order chi connectivity index (χ1) is 12.9. The summed E-state index contributed by atoms with van der Waals surface area (Å²) in [7, 11) is 0. The molecule has 2 aromatic rings. The summed E-state index contributed by atoms with van der Waals surface area (Å²) in [6, 6.07) is 8.95. The maximum atomic E-state index is 13.0. The molecule has 0 aliphatic heterocycles. The average Bonchev–Trinajstić information content (AvgIpc) is 2.67. The predicted molar refractivity (Wildman–Crippen MR) is 95.3 cm³/mol. The smallest absolute Gasteiger partial charge is 0.255 e. The molecule has 1 N–H and O–H groups in total. The lowest BCUT2D eigenvalue weighted by Gasteiger charge is -2.30. The molecule has 0 saturated heterocycles. The topological polar surface area (TPSA) is 62.3 Å². The molecule has 27 heavy (non-hydrogen) atoms. The van der Waals surface area contributed by atoms with Gasteiger partial charge in [-0.25, -0.2) is 13.2 Å². The molecule has 1 heterocycles. The Morgan fingerprint density at radius 1 is 1.19 bits per heavy atom. The number of nitrogens with zero attached hydrogens (tertiary/aromatic N) is 2. The van der Waals surface area contributed by atoms with Gasteiger partial charge in [0, 0.05) is 20.6 Å². The molecular weight excluding hydrogens is 359 g/mol. The van der Waals surface area contributed by atoms with Gasteiger partial charge in [-0.2, -0.15) is 0 Å². The summed E-state index contributed by atoms with van der Waals surface area (Å²) in [5.74, 6) is -1.63. The van der Waals surface area contributed by atoms with Gasteiger partial charge in [-0.3, -0.25) is 14.6 Å². The predicted octanol–water partition coefficient (Wildman–Crippen LogP) is 3.33. The van der Waals surface area contributed by atoms with Gasteiger partial charge in [-0.15, -0.1) is 0 Å². The van der Waals surface area contributed by atoms with Crippen molar-refractivity contribution in [2.45, 2.75) is 32.4 Å². The minimum atomic E-state index is -2.79. The van der Waals surface area contributed by atoms with Crippen molar-refractivity contribution < 1.29 is 24.2 Å². The van der Waals surface area contributed by atoms with E-state index in [2.05, 4.69) is 10.3 Å². The molecule has 1 atom stereocenters. The van der Waals surface area contributed by atoms with E-state index in [1.807, 2.05) is 0 Å². The lowest BCUT2D eigenvalue weighted by Crippen LogP contribution is -2.45. The molecule has 0 aliphatic carbocycles. The summed E-state index contributed by atoms with van der Waals surface area (Å²) in [6.07, 6.45) is -1.40. The molecular formula is C19H22F3N3O2. The Balaban J connectivity index is 0.00000392. The molecule has 1 aromatic heterocycles. The van der Waals surface area contributed by atoms with E-state index in [0.717, 1.165) is 4.90 Å². The first-order valence-corrected chi connectivity index (χ1v) is 8.43. The number of hydrogen-bond acceptors (Lipinski definition) is 3. The number of hydrogen-bond donors (Lipinski definition) is 1. The van der Waals surface area contributed by atoms with Crippen LogP contribution in [-0.2, 0) is 16.1 Å². The zero-order chi connectivity index (χ0) is 19.8. The van der Waals surface area contributed by atoms with Crippen molar-refractivity contribution in [2.75, 3.05) is 6.54 Å². The number of benzene rings is 1. The number of nitrogens with one attached hydrogen (secondary N) is 1. The van der Waals surface area contributed by atoms with Crippen molar-refractivity contribution in [3.63, 3.8) is 0 Å². The quantitative estimate of drug-likeness (QED) is 0.763. The van der Waals surface area contributed by atoms with Crippen LogP contribution in [0.5, 0.6) is 0 Å². The Morgan fingerprint density at radius 3 is 2.44 bits per heavy atom. The van der Waals surface area contributed by atoms with Gasteiger partial charge in [-0.1, -0.05) is 25.1 Å². The van der Waals surface area contributed by atoms with E-state index in [1.54, 1.807) is 12.1 Å². The third-order valence-corrected chi connectivity index (χ3v) is 3.87. The van der Waals surface area contributed by atoms with Crippen molar-refractivity contribution in [3.8, 4) is 0 Å². The standard InChI is InChI=1S/C19H20F3N3O2.H2/c1-2-17(26)25(12-16(21)22)18(15-5-3-4-10-23-15)19(27)24-11-13-6-8-14(20)9-7-13;/h3-10,16,18H,2,11-12H2,1H3,(H,24,27);1H. The molecule has 1 unspecified atom stereocenters. The maximum absolute atomic E-state index is 13.0. The van der Waals surface area contributed by atoms with Gasteiger partial charge < -0.3 is 10.2 Å². The van der Waals surface area contributed by atoms with Crippen molar-refractivity contribution in [3.05, 3.63) is 65.7 Å². The highest BCUT2D eigenvalue weighted by Crippen LogP contribution is 2.22. The van der Waals surface area contributed by atoms with E-state index in [4.69, 9.17) is 0 Å². The van der Waals surface area contributed by atoms with E-state index in [1.165, 1.54) is 43.5 Å². The molecule has 0 fully saturated rings. The van der Waals surface area contributed by atoms with Crippen LogP contribution in [0.25, 0.3) is 0 Å². The van der Waals surface area contributed by atoms with E-state index >= 15 is 0 Å². The lowest BCUT2D eigenvalue weighted by atomic mass is 10.1. The lowest BCUT2D eigenvalue weighted by molar-refractivity contribution is -0.143. The number of carbonyl (C=O) groups is 2. The number of halogens is 3. The Bertz CT molecular complexity index is 761. The van der Waals surface area contributed by atoms with Gasteiger partial charge in [-0.05, 0) is 29.8 Å². The zero-order valence-electron chi connectivity index (χ0n) is 14.7. The van der Waals surface area contributed by atoms with Gasteiger partial charge in [0.15, 0.2) is 6.04 Å². The number of aromatic nitrogens is 1. The summed E-state index contributed by atoms with van der Waals surface area (Å²) in [5.41, 5.74) is 0.823. The first-order valence-electron chi connectivity index (χ1n) is 8.43. The summed E-state index contributed by atoms with van der Waals surface area (Å²) in [5, 5.41) is 2.61. The summed E-state index contributed by atoms with van der Waals surface area (Å²) in [6.45, 7) is 0.718. The minimum Gasteiger partial charge on any atom is -0.350 e. The van der Waals surface area contributed by atoms with Crippen LogP contribution < -0.4 is 5.32 Å². The summed E-state index contributed by atoms with van der Waals surface area (Å²) in [4.78, 5) is 29.9. The number of amides is 2. The largest absolute Gasteiger partial charge is 0.350 e. The number of alkyl halides is 2. The second-order valence-electron chi connectivity index (χ2n) is 5.79. The van der Waals surface area contributed by atoms with Gasteiger partial charge >= 0.3 is 0 Å². The number of pyridine rings is 1. The second-order valence-corrected chi connectivity index (χ2v) is 5.79. The van der Waals surface area contributed by atoms with Crippen LogP contribution >= 0.6 is 0 Å². The number of rotatable bonds is 8. The normalized spacial score (nSPS) is 11.9. The van der Waals surface area contributed by atoms with Crippen molar-refractivity contribution in [1.29, 1.82) is 0 Å². The Labute approximate surface area is 156 Å². The first kappa shape index (κ1) is 20.4. The molecule has 0 saturated carbocycles. The highest BCUT2D eigenvalue weighted by atomic mass is 19.3. The van der Waals surface area contributed by atoms with Crippen LogP contribution in [0.2, 0.25) is 0 Å². The summed E-state index contributed by atoms with van der Waals surface area (Å²) >= 11 is 0. The molecule has 8 heteroatoms. The van der Waals surface area contributed by atoms with E-state index in [-0.39, 0.29) is 20.1 Å². The third kappa shape index (κ3) is 5.80. The SMILES string of the molecule is CCC(=O)N(CC(F)F)C(C(=O)NCc1ccc(F)cc1)c1ccccn1.[HH]. The molecule has 2 amide bonds. The molecule has 0 spiro atoms. The Morgan fingerprint density at radius 2 is 1.89 bits per heavy atom. The van der Waals surface area contributed by atoms with Gasteiger partial charge in [0.05, 0.1) is 12.2 Å². The molecule has 0 bridgehead atoms. The fraction of sp³-hybridized carbons (Fsp3) is 0.316. The van der Waals surface area contributed by atoms with Crippen LogP contribution in [0.3, 0.4) is 0 Å². The fourth-order valence-corrected chi connectivity index (χ4v) is 2.56. The molecule has 2 rings (SSSR count). The molecule has 5 nitrogen and oxygen atoms in total. The summed E-state index contributed by atoms with van der Waals surface area (Å²) < 4.78 is 39.0. The molecule has 1 aromatic carbocycles. The highest BCUT2D eigenvalue weighted by Gasteiger charge is 2.33. The minimum absolute atomic E-state index is 0. The molecule has 146 valence electrons. The Kier molecular flexibility index (Phi) is 7.34. The van der Waals surface area contributed by atoms with Crippen LogP contribution in [0.15, 0.2) is 48.7 Å². The van der Waals surface area contributed by atoms with Crippen LogP contribution in [0, 0.1) is 5.82 Å². The molecule has 0 radical (unpaired) electrons. The van der Waals surface area contributed by atoms with E-state index < -0.39 is 36.6 Å². The van der Waals surface area contributed by atoms with Crippen molar-refractivity contribution >= 4 is 11.8 Å². The number of carbonyl (C=O) groups excluding carboxylic acids is 2. The van der Waals surface area contributed by atoms with Crippen molar-refractivity contribution in [2.24, 2.45) is 0 Å². The van der Waals surface area contributed by atoms with E-state index in [0.29, 0.717) is 5.56 Å². The van der Waals surface area contributed by atoms with Gasteiger partial charge in [0.1, 0.15) is 5.82 Å². The zero-order valence-corrected chi connectivity index (χ0v) is 14.7. The van der Waals surface area contributed by atoms with Gasteiger partial charge in [0.2, 0.25) is 11.8 Å². The average molecular weight is 381 g/mol. The van der Waals surface area contributed by atoms with Crippen molar-refractivity contribution in [1.82, 2.24) is 15.2 Å². The van der Waals surface area contributed by atoms with Gasteiger partial charge in [0.25, 0.3) is 6.43 Å². The van der Waals surface area contributed by atoms with Crippen LogP contribution in [0.1, 0.15) is 32.1 Å². The monoisotopic (exact) mass is 381 g/mol. The maximum Gasteiger partial charge on any atom is 0.255 e.